The Morgan fingerprint density at radius 3 is 2.57 bits per heavy atom. The number of carbonyl (C=O) groups is 1. The molecule has 0 unspecified atom stereocenters. The van der Waals surface area contributed by atoms with Gasteiger partial charge in [0.25, 0.3) is 0 Å². The smallest absolute Gasteiger partial charge is 0.340 e. The Hall–Kier alpha value is -2.56. The molecule has 4 nitrogen and oxygen atoms in total. The zero-order valence-corrected chi connectivity index (χ0v) is 12.0. The number of halogens is 1. The molecule has 0 fully saturated rings. The molecule has 2 N–H and O–H groups in total. The van der Waals surface area contributed by atoms with E-state index in [4.69, 9.17) is 10.5 Å². The number of hydrogen-bond acceptors (Lipinski definition) is 4. The molecule has 2 aromatic carbocycles. The van der Waals surface area contributed by atoms with Crippen molar-refractivity contribution in [1.29, 1.82) is 0 Å². The topological polar surface area (TPSA) is 55.6 Å². The summed E-state index contributed by atoms with van der Waals surface area (Å²) in [5.74, 6) is -1.05. The lowest BCUT2D eigenvalue weighted by molar-refractivity contribution is 0.0527. The molecule has 0 saturated heterocycles. The molecule has 0 aliphatic rings. The maximum absolute atomic E-state index is 14.1. The number of hydrogen-bond donors (Lipinski definition) is 1. The number of nitrogens with two attached hydrogens (primary N) is 1. The second-order valence-electron chi connectivity index (χ2n) is 4.51. The molecule has 21 heavy (non-hydrogen) atoms. The van der Waals surface area contributed by atoms with E-state index in [9.17, 15) is 9.18 Å². The van der Waals surface area contributed by atoms with Crippen LogP contribution in [0.5, 0.6) is 0 Å². The van der Waals surface area contributed by atoms with E-state index in [1.165, 1.54) is 6.07 Å². The van der Waals surface area contributed by atoms with Crippen LogP contribution in [0.15, 0.2) is 42.5 Å². The van der Waals surface area contributed by atoms with E-state index in [1.54, 1.807) is 18.9 Å². The highest BCUT2D eigenvalue weighted by Crippen LogP contribution is 2.30. The monoisotopic (exact) mass is 288 g/mol. The number of para-hydroxylation sites is 1. The van der Waals surface area contributed by atoms with Crippen LogP contribution in [0, 0.1) is 5.82 Å². The lowest BCUT2D eigenvalue weighted by Crippen LogP contribution is -2.14. The Kier molecular flexibility index (Phi) is 4.42. The van der Waals surface area contributed by atoms with E-state index in [0.29, 0.717) is 0 Å². The normalized spacial score (nSPS) is 10.2. The maximum atomic E-state index is 14.1. The summed E-state index contributed by atoms with van der Waals surface area (Å²) in [4.78, 5) is 13.5. The molecule has 2 aromatic rings. The average molecular weight is 288 g/mol. The van der Waals surface area contributed by atoms with Crippen molar-refractivity contribution in [3.63, 3.8) is 0 Å². The highest BCUT2D eigenvalue weighted by atomic mass is 19.1. The third-order valence-electron chi connectivity index (χ3n) is 3.12. The zero-order chi connectivity index (χ0) is 15.4. The van der Waals surface area contributed by atoms with Crippen LogP contribution in [0.25, 0.3) is 0 Å². The van der Waals surface area contributed by atoms with Crippen molar-refractivity contribution in [3.05, 3.63) is 53.8 Å². The largest absolute Gasteiger partial charge is 0.462 e. The molecule has 0 amide bonds. The number of benzene rings is 2. The first-order valence-corrected chi connectivity index (χ1v) is 6.59. The van der Waals surface area contributed by atoms with Crippen molar-refractivity contribution >= 4 is 23.0 Å². The number of rotatable bonds is 4. The van der Waals surface area contributed by atoms with Crippen molar-refractivity contribution in [3.8, 4) is 0 Å². The molecule has 5 heteroatoms. The molecule has 110 valence electrons. The Labute approximate surface area is 122 Å². The third kappa shape index (κ3) is 3.13. The van der Waals surface area contributed by atoms with E-state index in [-0.39, 0.29) is 23.5 Å². The fourth-order valence-electron chi connectivity index (χ4n) is 2.01. The first-order valence-electron chi connectivity index (χ1n) is 6.59. The van der Waals surface area contributed by atoms with Crippen molar-refractivity contribution < 1.29 is 13.9 Å². The maximum Gasteiger partial charge on any atom is 0.340 e. The minimum Gasteiger partial charge on any atom is -0.462 e. The van der Waals surface area contributed by atoms with Crippen LogP contribution in [0.4, 0.5) is 21.5 Å². The van der Waals surface area contributed by atoms with Crippen molar-refractivity contribution in [2.75, 3.05) is 24.3 Å². The zero-order valence-electron chi connectivity index (χ0n) is 12.0. The second kappa shape index (κ2) is 6.26. The molecule has 0 bridgehead atoms. The summed E-state index contributed by atoms with van der Waals surface area (Å²) >= 11 is 0. The summed E-state index contributed by atoms with van der Waals surface area (Å²) in [6, 6.07) is 11.8. The fraction of sp³-hybridized carbons (Fsp3) is 0.188. The lowest BCUT2D eigenvalue weighted by Gasteiger charge is -2.21. The Morgan fingerprint density at radius 1 is 1.29 bits per heavy atom. The standard InChI is InChI=1S/C16H17FN2O2/c1-3-21-16(20)12-9-15(13(17)10-14(12)18)19(2)11-7-5-4-6-8-11/h4-10H,3,18H2,1-2H3. The molecule has 0 saturated carbocycles. The van der Waals surface area contributed by atoms with Crippen molar-refractivity contribution in [2.45, 2.75) is 6.92 Å². The number of nitrogens with zero attached hydrogens (tertiary/aromatic N) is 1. The summed E-state index contributed by atoms with van der Waals surface area (Å²) in [6.07, 6.45) is 0. The molecular weight excluding hydrogens is 271 g/mol. The Morgan fingerprint density at radius 2 is 1.95 bits per heavy atom. The van der Waals surface area contributed by atoms with Gasteiger partial charge in [-0.2, -0.15) is 0 Å². The Bertz CT molecular complexity index is 644. The summed E-state index contributed by atoms with van der Waals surface area (Å²) in [5.41, 5.74) is 6.99. The summed E-state index contributed by atoms with van der Waals surface area (Å²) < 4.78 is 19.1. The number of nitrogen functional groups attached to an aromatic ring is 1. The number of anilines is 3. The van der Waals surface area contributed by atoms with Crippen LogP contribution in [-0.2, 0) is 4.74 Å². The lowest BCUT2D eigenvalue weighted by atomic mass is 10.1. The van der Waals surface area contributed by atoms with Crippen LogP contribution < -0.4 is 10.6 Å². The van der Waals surface area contributed by atoms with Gasteiger partial charge in [0, 0.05) is 18.4 Å². The van der Waals surface area contributed by atoms with Gasteiger partial charge in [0.1, 0.15) is 5.82 Å². The average Bonchev–Trinajstić information content (AvgIpc) is 2.48. The van der Waals surface area contributed by atoms with Crippen LogP contribution in [-0.4, -0.2) is 19.6 Å². The number of esters is 1. The molecule has 0 aliphatic carbocycles. The number of carbonyl (C=O) groups excluding carboxylic acids is 1. The Balaban J connectivity index is 2.44. The van der Waals surface area contributed by atoms with Gasteiger partial charge in [0.15, 0.2) is 0 Å². The van der Waals surface area contributed by atoms with Crippen LogP contribution in [0.3, 0.4) is 0 Å². The van der Waals surface area contributed by atoms with Crippen LogP contribution >= 0.6 is 0 Å². The molecule has 0 heterocycles. The fourth-order valence-corrected chi connectivity index (χ4v) is 2.01. The highest BCUT2D eigenvalue weighted by Gasteiger charge is 2.18. The summed E-state index contributed by atoms with van der Waals surface area (Å²) in [7, 11) is 1.72. The summed E-state index contributed by atoms with van der Waals surface area (Å²) in [5, 5.41) is 0. The number of ether oxygens (including phenoxy) is 1. The molecule has 2 rings (SSSR count). The first-order chi connectivity index (χ1) is 10.0. The van der Waals surface area contributed by atoms with Crippen LogP contribution in [0.2, 0.25) is 0 Å². The van der Waals surface area contributed by atoms with Gasteiger partial charge in [-0.05, 0) is 31.2 Å². The molecule has 0 aromatic heterocycles. The van der Waals surface area contributed by atoms with E-state index >= 15 is 0 Å². The molecule has 0 spiro atoms. The quantitative estimate of drug-likeness (QED) is 0.692. The van der Waals surface area contributed by atoms with Crippen molar-refractivity contribution in [1.82, 2.24) is 0 Å². The van der Waals surface area contributed by atoms with Gasteiger partial charge in [-0.3, -0.25) is 0 Å². The van der Waals surface area contributed by atoms with Gasteiger partial charge < -0.3 is 15.4 Å². The van der Waals surface area contributed by atoms with E-state index < -0.39 is 11.8 Å². The first kappa shape index (κ1) is 14.8. The van der Waals surface area contributed by atoms with E-state index in [2.05, 4.69) is 0 Å². The van der Waals surface area contributed by atoms with Gasteiger partial charge in [-0.15, -0.1) is 0 Å². The minimum atomic E-state index is -0.558. The SMILES string of the molecule is CCOC(=O)c1cc(N(C)c2ccccc2)c(F)cc1N. The molecule has 0 atom stereocenters. The van der Waals surface area contributed by atoms with Gasteiger partial charge in [0.05, 0.1) is 17.9 Å². The third-order valence-corrected chi connectivity index (χ3v) is 3.12. The molecule has 0 aliphatic heterocycles. The van der Waals surface area contributed by atoms with Gasteiger partial charge in [-0.25, -0.2) is 9.18 Å². The van der Waals surface area contributed by atoms with Gasteiger partial charge in [0.2, 0.25) is 0 Å². The van der Waals surface area contributed by atoms with Gasteiger partial charge >= 0.3 is 5.97 Å². The predicted octanol–water partition coefficient (Wildman–Crippen LogP) is 3.35. The molecule has 0 radical (unpaired) electrons. The minimum absolute atomic E-state index is 0.0659. The van der Waals surface area contributed by atoms with Gasteiger partial charge in [-0.1, -0.05) is 18.2 Å². The summed E-state index contributed by atoms with van der Waals surface area (Å²) in [6.45, 7) is 1.94. The molecular formula is C16H17FN2O2. The van der Waals surface area contributed by atoms with E-state index in [0.717, 1.165) is 11.8 Å². The second-order valence-corrected chi connectivity index (χ2v) is 4.51. The highest BCUT2D eigenvalue weighted by molar-refractivity contribution is 5.96. The van der Waals surface area contributed by atoms with Crippen LogP contribution in [0.1, 0.15) is 17.3 Å². The van der Waals surface area contributed by atoms with Crippen molar-refractivity contribution in [2.24, 2.45) is 0 Å². The predicted molar refractivity (Wildman–Crippen MR) is 81.3 cm³/mol. The van der Waals surface area contributed by atoms with E-state index in [1.807, 2.05) is 30.3 Å².